The first-order valence-electron chi connectivity index (χ1n) is 21.1. The standard InChI is InChI=1S/C54H58N4O5/c1-53(2,3)38-35-47(37-48(36-38)58(59)54(4,5)6)57(41-15-11-39(12-16-41)55(43-19-27-49(60-7)28-20-43)44-21-29-50(61-8)30-22-44)42-17-13-40(14-18-42)56(45-23-31-51(62-9)32-24-45)46-25-33-52(63-10)34-26-46/h11-37,58H,1-10H3. The first kappa shape index (κ1) is 44.1. The number of benzene rings is 7. The number of rotatable bonds is 14. The first-order chi connectivity index (χ1) is 30.2. The Labute approximate surface area is 372 Å². The lowest BCUT2D eigenvalue weighted by atomic mass is 9.86. The average Bonchev–Trinajstić information content (AvgIpc) is 3.30. The highest BCUT2D eigenvalue weighted by atomic mass is 16.5. The van der Waals surface area contributed by atoms with Crippen molar-refractivity contribution in [3.63, 3.8) is 0 Å². The van der Waals surface area contributed by atoms with Crippen molar-refractivity contribution < 1.29 is 24.0 Å². The van der Waals surface area contributed by atoms with Crippen molar-refractivity contribution in [1.82, 2.24) is 0 Å². The minimum absolute atomic E-state index is 0.0877. The zero-order chi connectivity index (χ0) is 44.9. The summed E-state index contributed by atoms with van der Waals surface area (Å²) in [5.41, 5.74) is 9.53. The molecule has 0 aliphatic heterocycles. The van der Waals surface area contributed by atoms with E-state index in [1.165, 1.54) is 0 Å². The molecular weight excluding hydrogens is 785 g/mol. The lowest BCUT2D eigenvalue weighted by molar-refractivity contribution is -0.832. The van der Waals surface area contributed by atoms with E-state index in [-0.39, 0.29) is 10.5 Å². The summed E-state index contributed by atoms with van der Waals surface area (Å²) in [4.78, 5) is 6.64. The minimum atomic E-state index is -0.569. The lowest BCUT2D eigenvalue weighted by Gasteiger charge is -2.37. The molecule has 7 rings (SSSR count). The Kier molecular flexibility index (Phi) is 13.0. The number of hydrogen-bond acceptors (Lipinski definition) is 8. The molecule has 0 bridgehead atoms. The molecular formula is C54H58N4O5. The fourth-order valence-electron chi connectivity index (χ4n) is 7.51. The van der Waals surface area contributed by atoms with E-state index in [1.54, 1.807) is 28.4 Å². The van der Waals surface area contributed by atoms with Crippen molar-refractivity contribution in [2.45, 2.75) is 52.5 Å². The van der Waals surface area contributed by atoms with Gasteiger partial charge in [-0.15, -0.1) is 0 Å². The van der Waals surface area contributed by atoms with Crippen LogP contribution >= 0.6 is 0 Å². The van der Waals surface area contributed by atoms with E-state index in [1.807, 2.05) is 75.4 Å². The van der Waals surface area contributed by atoms with E-state index >= 15 is 0 Å². The topological polar surface area (TPSA) is 74.1 Å². The third-order valence-electron chi connectivity index (χ3n) is 11.0. The number of nitrogens with zero attached hydrogens (tertiary/aromatic N) is 3. The van der Waals surface area contributed by atoms with E-state index < -0.39 is 5.54 Å². The third-order valence-corrected chi connectivity index (χ3v) is 11.0. The highest BCUT2D eigenvalue weighted by Gasteiger charge is 2.26. The van der Waals surface area contributed by atoms with Gasteiger partial charge in [-0.3, -0.25) is 0 Å². The Bertz CT molecular complexity index is 2330. The molecule has 0 amide bonds. The Hall–Kier alpha value is -6.94. The average molecular weight is 843 g/mol. The highest BCUT2D eigenvalue weighted by Crippen LogP contribution is 2.43. The molecule has 1 N–H and O–H groups in total. The largest absolute Gasteiger partial charge is 0.628 e. The third kappa shape index (κ3) is 9.91. The Morgan fingerprint density at radius 1 is 0.349 bits per heavy atom. The number of nitrogens with one attached hydrogen (secondary N) is 1. The van der Waals surface area contributed by atoms with E-state index in [2.05, 4.69) is 145 Å². The molecule has 0 aliphatic rings. The summed E-state index contributed by atoms with van der Waals surface area (Å²) in [5, 5.41) is 14.2. The van der Waals surface area contributed by atoms with Gasteiger partial charge in [0.15, 0.2) is 0 Å². The second kappa shape index (κ2) is 18.6. The summed E-state index contributed by atoms with van der Waals surface area (Å²) in [6.07, 6.45) is 0. The maximum absolute atomic E-state index is 14.1. The maximum atomic E-state index is 14.1. The Morgan fingerprint density at radius 2 is 0.587 bits per heavy atom. The predicted molar refractivity (Wildman–Crippen MR) is 259 cm³/mol. The van der Waals surface area contributed by atoms with Crippen LogP contribution in [0.1, 0.15) is 47.1 Å². The predicted octanol–water partition coefficient (Wildman–Crippen LogP) is 13.2. The molecule has 0 aromatic heterocycles. The highest BCUT2D eigenvalue weighted by molar-refractivity contribution is 5.84. The zero-order valence-corrected chi connectivity index (χ0v) is 38.0. The summed E-state index contributed by atoms with van der Waals surface area (Å²) < 4.78 is 22.0. The van der Waals surface area contributed by atoms with Crippen LogP contribution in [0.4, 0.5) is 56.9 Å². The van der Waals surface area contributed by atoms with Gasteiger partial charge in [-0.2, -0.15) is 0 Å². The van der Waals surface area contributed by atoms with Gasteiger partial charge in [0.1, 0.15) is 28.7 Å². The zero-order valence-electron chi connectivity index (χ0n) is 38.0. The summed E-state index contributed by atoms with van der Waals surface area (Å²) in [5.74, 6) is 3.12. The van der Waals surface area contributed by atoms with Crippen LogP contribution < -0.4 is 38.7 Å². The smallest absolute Gasteiger partial charge is 0.134 e. The van der Waals surface area contributed by atoms with Gasteiger partial charge in [0.2, 0.25) is 0 Å². The van der Waals surface area contributed by atoms with Crippen molar-refractivity contribution >= 4 is 56.9 Å². The van der Waals surface area contributed by atoms with Gasteiger partial charge in [-0.1, -0.05) is 20.8 Å². The van der Waals surface area contributed by atoms with Crippen LogP contribution in [0, 0.1) is 5.21 Å². The SMILES string of the molecule is COc1ccc(N(c2ccc(OC)cc2)c2ccc(N(c3ccc(N(c4ccc(OC)cc4)c4ccc(OC)cc4)cc3)c3cc([NH+]([O-])C(C)(C)C)cc(C(C)(C)C)c3)cc2)cc1. The van der Waals surface area contributed by atoms with Gasteiger partial charge in [0, 0.05) is 57.6 Å². The van der Waals surface area contributed by atoms with Crippen LogP contribution in [0.15, 0.2) is 164 Å². The second-order valence-corrected chi connectivity index (χ2v) is 17.4. The molecule has 7 aromatic rings. The van der Waals surface area contributed by atoms with E-state index in [4.69, 9.17) is 18.9 Å². The number of ether oxygens (including phenoxy) is 4. The summed E-state index contributed by atoms with van der Waals surface area (Å²) in [6.45, 7) is 12.5. The molecule has 0 fully saturated rings. The van der Waals surface area contributed by atoms with Crippen molar-refractivity contribution in [3.05, 3.63) is 175 Å². The molecule has 0 saturated carbocycles. The quantitative estimate of drug-likeness (QED) is 0.109. The fourth-order valence-corrected chi connectivity index (χ4v) is 7.51. The van der Waals surface area contributed by atoms with Crippen molar-refractivity contribution in [2.75, 3.05) is 43.1 Å². The molecule has 1 unspecified atom stereocenters. The van der Waals surface area contributed by atoms with E-state index in [0.29, 0.717) is 5.69 Å². The van der Waals surface area contributed by atoms with Gasteiger partial charge >= 0.3 is 0 Å². The fraction of sp³-hybridized carbons (Fsp3) is 0.222. The Balaban J connectivity index is 1.38. The number of hydroxylamine groups is 1. The van der Waals surface area contributed by atoms with E-state index in [0.717, 1.165) is 79.7 Å². The van der Waals surface area contributed by atoms with Crippen molar-refractivity contribution in [2.24, 2.45) is 0 Å². The monoisotopic (exact) mass is 842 g/mol. The molecule has 0 radical (unpaired) electrons. The molecule has 324 valence electrons. The molecule has 0 heterocycles. The number of anilines is 9. The van der Waals surface area contributed by atoms with E-state index in [9.17, 15) is 5.21 Å². The normalized spacial score (nSPS) is 12.0. The molecule has 63 heavy (non-hydrogen) atoms. The van der Waals surface area contributed by atoms with Crippen LogP contribution in [0.2, 0.25) is 0 Å². The van der Waals surface area contributed by atoms with Crippen LogP contribution in [-0.2, 0) is 5.41 Å². The van der Waals surface area contributed by atoms with Gasteiger partial charge < -0.3 is 43.9 Å². The second-order valence-electron chi connectivity index (χ2n) is 17.4. The first-order valence-corrected chi connectivity index (χ1v) is 21.1. The molecule has 0 saturated heterocycles. The molecule has 7 aromatic carbocycles. The summed E-state index contributed by atoms with van der Waals surface area (Å²) in [7, 11) is 6.69. The minimum Gasteiger partial charge on any atom is -0.628 e. The maximum Gasteiger partial charge on any atom is 0.134 e. The molecule has 0 aliphatic carbocycles. The van der Waals surface area contributed by atoms with Crippen LogP contribution in [0.5, 0.6) is 23.0 Å². The molecule has 0 spiro atoms. The van der Waals surface area contributed by atoms with Gasteiger partial charge in [-0.05, 0) is 183 Å². The van der Waals surface area contributed by atoms with Gasteiger partial charge in [0.05, 0.1) is 39.7 Å². The number of hydrogen-bond donors (Lipinski definition) is 1. The summed E-state index contributed by atoms with van der Waals surface area (Å²) >= 11 is 0. The van der Waals surface area contributed by atoms with Gasteiger partial charge in [-0.25, -0.2) is 0 Å². The number of methoxy groups -OCH3 is 4. The number of quaternary nitrogens is 1. The van der Waals surface area contributed by atoms with Crippen LogP contribution in [-0.4, -0.2) is 34.0 Å². The Morgan fingerprint density at radius 3 is 0.810 bits per heavy atom. The summed E-state index contributed by atoms with van der Waals surface area (Å²) in [6, 6.07) is 55.6. The van der Waals surface area contributed by atoms with Crippen molar-refractivity contribution in [3.8, 4) is 23.0 Å². The molecule has 9 heteroatoms. The molecule has 9 nitrogen and oxygen atoms in total. The van der Waals surface area contributed by atoms with Crippen molar-refractivity contribution in [1.29, 1.82) is 0 Å². The van der Waals surface area contributed by atoms with Gasteiger partial charge in [0.25, 0.3) is 0 Å². The van der Waals surface area contributed by atoms with Crippen LogP contribution in [0.25, 0.3) is 0 Å². The van der Waals surface area contributed by atoms with Crippen LogP contribution in [0.3, 0.4) is 0 Å². The molecule has 1 atom stereocenters. The lowest BCUT2D eigenvalue weighted by Crippen LogP contribution is -3.10.